The van der Waals surface area contributed by atoms with Gasteiger partial charge in [0.2, 0.25) is 0 Å². The molecular formula is C14H28BN8+2. The van der Waals surface area contributed by atoms with E-state index in [1.165, 1.54) is 102 Å². The van der Waals surface area contributed by atoms with Gasteiger partial charge in [0.1, 0.15) is 40.0 Å². The van der Waals surface area contributed by atoms with Gasteiger partial charge in [-0.15, -0.1) is 0 Å². The molecule has 0 spiro atoms. The van der Waals surface area contributed by atoms with E-state index in [9.17, 15) is 0 Å². The number of hydrogen-bond donors (Lipinski definition) is 0. The molecule has 8 aliphatic rings. The molecule has 8 aliphatic heterocycles. The average Bonchev–Trinajstić information content (AvgIpc) is 2.43. The molecule has 8 nitrogen and oxygen atoms in total. The van der Waals surface area contributed by atoms with Crippen molar-refractivity contribution in [3.8, 4) is 0 Å². The van der Waals surface area contributed by atoms with Crippen molar-refractivity contribution in [2.24, 2.45) is 0 Å². The number of hydrogen-bond acceptors (Lipinski definition) is 6. The summed E-state index contributed by atoms with van der Waals surface area (Å²) in [5.74, 6) is 0. The maximum absolute atomic E-state index is 2.63. The third-order valence-electron chi connectivity index (χ3n) is 6.43. The van der Waals surface area contributed by atoms with Gasteiger partial charge in [-0.3, -0.25) is 8.97 Å². The molecule has 9 heteroatoms. The quantitative estimate of drug-likeness (QED) is 0.423. The normalized spacial score (nSPS) is 58.8. The molecule has 0 aromatic heterocycles. The Balaban J connectivity index is 1.12. The first-order chi connectivity index (χ1) is 11.2. The van der Waals surface area contributed by atoms with Gasteiger partial charge in [-0.1, -0.05) is 0 Å². The van der Waals surface area contributed by atoms with Crippen LogP contribution in [0.1, 0.15) is 0 Å². The van der Waals surface area contributed by atoms with Crippen molar-refractivity contribution in [2.45, 2.75) is 0 Å². The second-order valence-electron chi connectivity index (χ2n) is 9.06. The van der Waals surface area contributed by atoms with Gasteiger partial charge < -0.3 is 0 Å². The first-order valence-corrected chi connectivity index (χ1v) is 9.04. The van der Waals surface area contributed by atoms with Crippen LogP contribution in [0.25, 0.3) is 0 Å². The molecular weight excluding hydrogens is 291 g/mol. The summed E-state index contributed by atoms with van der Waals surface area (Å²) < 4.78 is 2.49. The minimum absolute atomic E-state index is 1.19. The largest absolute Gasteiger partial charge is 0.293 e. The first kappa shape index (κ1) is 14.0. The molecule has 23 heavy (non-hydrogen) atoms. The minimum Gasteiger partial charge on any atom is -0.293 e. The van der Waals surface area contributed by atoms with Crippen molar-refractivity contribution in [3.05, 3.63) is 0 Å². The summed E-state index contributed by atoms with van der Waals surface area (Å²) >= 11 is 0. The molecule has 0 unspecified atom stereocenters. The monoisotopic (exact) mass is 319 g/mol. The van der Waals surface area contributed by atoms with Crippen molar-refractivity contribution in [1.82, 2.24) is 29.4 Å². The fraction of sp³-hybridized carbons (Fsp3) is 1.00. The van der Waals surface area contributed by atoms with Gasteiger partial charge in [-0.05, 0) is 0 Å². The SMILES string of the molecule is [B](C[N+]12CN3CN(CN(C3)C1)C2)C[N+]12CN3CN(CN(C3)C1)C2. The summed E-state index contributed by atoms with van der Waals surface area (Å²) in [6.45, 7) is 14.7. The van der Waals surface area contributed by atoms with E-state index in [1.807, 2.05) is 0 Å². The summed E-state index contributed by atoms with van der Waals surface area (Å²) in [5.41, 5.74) is 0. The van der Waals surface area contributed by atoms with E-state index in [1.54, 1.807) is 0 Å². The summed E-state index contributed by atoms with van der Waals surface area (Å²) in [5, 5.41) is 0. The average molecular weight is 319 g/mol. The molecule has 8 heterocycles. The van der Waals surface area contributed by atoms with Crippen molar-refractivity contribution in [2.75, 3.05) is 92.9 Å². The van der Waals surface area contributed by atoms with Crippen molar-refractivity contribution in [3.63, 3.8) is 0 Å². The second-order valence-corrected chi connectivity index (χ2v) is 9.06. The molecule has 0 saturated carbocycles. The predicted molar refractivity (Wildman–Crippen MR) is 85.4 cm³/mol. The smallest absolute Gasteiger partial charge is 0.260 e. The Morgan fingerprint density at radius 2 is 0.739 bits per heavy atom. The topological polar surface area (TPSA) is 19.4 Å². The molecule has 0 atom stereocenters. The lowest BCUT2D eigenvalue weighted by molar-refractivity contribution is -0.979. The Bertz CT molecular complexity index is 398. The van der Waals surface area contributed by atoms with Crippen LogP contribution in [0.15, 0.2) is 0 Å². The van der Waals surface area contributed by atoms with Crippen molar-refractivity contribution >= 4 is 7.28 Å². The van der Waals surface area contributed by atoms with E-state index in [0.717, 1.165) is 0 Å². The molecule has 8 rings (SSSR count). The zero-order valence-corrected chi connectivity index (χ0v) is 14.1. The highest BCUT2D eigenvalue weighted by Gasteiger charge is 2.51. The number of nitrogens with zero attached hydrogens (tertiary/aromatic N) is 8. The van der Waals surface area contributed by atoms with E-state index < -0.39 is 0 Å². The summed E-state index contributed by atoms with van der Waals surface area (Å²) in [6.07, 6.45) is 2.48. The lowest BCUT2D eigenvalue weighted by Crippen LogP contribution is -2.81. The number of rotatable bonds is 4. The molecule has 8 fully saturated rings. The van der Waals surface area contributed by atoms with Crippen molar-refractivity contribution in [1.29, 1.82) is 0 Å². The molecule has 0 N–H and O–H groups in total. The maximum Gasteiger partial charge on any atom is 0.260 e. The standard InChI is InChI=1S/C14H28BN8/c1(22-9-16-3-17(10-22)5-18(4-16)11-22)15-2-23-12-19-6-20(13-23)8-21(7-19)14-23/h1-14H2/q+2. The van der Waals surface area contributed by atoms with Crippen LogP contribution in [0.5, 0.6) is 0 Å². The van der Waals surface area contributed by atoms with Crippen LogP contribution in [0.3, 0.4) is 0 Å². The molecule has 125 valence electrons. The fourth-order valence-corrected chi connectivity index (χ4v) is 6.27. The van der Waals surface area contributed by atoms with Gasteiger partial charge in [0.05, 0.1) is 52.9 Å². The zero-order chi connectivity index (χ0) is 15.1. The van der Waals surface area contributed by atoms with Crippen LogP contribution in [-0.4, -0.2) is 139 Å². The fourth-order valence-electron chi connectivity index (χ4n) is 6.27. The van der Waals surface area contributed by atoms with Crippen LogP contribution in [0.4, 0.5) is 0 Å². The third kappa shape index (κ3) is 2.22. The van der Waals surface area contributed by atoms with Crippen molar-refractivity contribution < 1.29 is 8.97 Å². The first-order valence-electron chi connectivity index (χ1n) is 9.04. The molecule has 8 bridgehead atoms. The second kappa shape index (κ2) is 4.67. The molecule has 0 amide bonds. The summed E-state index contributed by atoms with van der Waals surface area (Å²) in [4.78, 5) is 15.7. The Hall–Kier alpha value is -0.255. The van der Waals surface area contributed by atoms with E-state index in [4.69, 9.17) is 0 Å². The maximum atomic E-state index is 2.63. The Labute approximate surface area is 139 Å². The highest BCUT2D eigenvalue weighted by Crippen LogP contribution is 2.30. The predicted octanol–water partition coefficient (Wildman–Crippen LogP) is -2.38. The molecule has 0 aliphatic carbocycles. The van der Waals surface area contributed by atoms with Crippen LogP contribution >= 0.6 is 0 Å². The third-order valence-corrected chi connectivity index (χ3v) is 6.43. The van der Waals surface area contributed by atoms with Crippen LogP contribution in [0.2, 0.25) is 0 Å². The summed E-state index contributed by atoms with van der Waals surface area (Å²) in [7, 11) is 2.63. The van der Waals surface area contributed by atoms with Gasteiger partial charge in [0.25, 0.3) is 7.28 Å². The molecule has 8 saturated heterocycles. The molecule has 1 radical (unpaired) electrons. The Kier molecular flexibility index (Phi) is 2.84. The Morgan fingerprint density at radius 3 is 1.00 bits per heavy atom. The van der Waals surface area contributed by atoms with E-state index in [-0.39, 0.29) is 0 Å². The van der Waals surface area contributed by atoms with E-state index in [2.05, 4.69) is 36.7 Å². The Morgan fingerprint density at radius 1 is 0.478 bits per heavy atom. The van der Waals surface area contributed by atoms with Gasteiger partial charge in [-0.2, -0.15) is 0 Å². The van der Waals surface area contributed by atoms with Gasteiger partial charge in [0, 0.05) is 0 Å². The highest BCUT2D eigenvalue weighted by atomic mass is 15.7. The molecule has 0 aromatic carbocycles. The number of quaternary nitrogens is 2. The lowest BCUT2D eigenvalue weighted by atomic mass is 9.75. The minimum atomic E-state index is 1.19. The van der Waals surface area contributed by atoms with Crippen LogP contribution in [0, 0.1) is 0 Å². The van der Waals surface area contributed by atoms with Crippen LogP contribution < -0.4 is 0 Å². The lowest BCUT2D eigenvalue weighted by Gasteiger charge is -2.62. The zero-order valence-electron chi connectivity index (χ0n) is 14.1. The van der Waals surface area contributed by atoms with Gasteiger partial charge in [0.15, 0.2) is 0 Å². The van der Waals surface area contributed by atoms with E-state index in [0.29, 0.717) is 0 Å². The van der Waals surface area contributed by atoms with E-state index >= 15 is 0 Å². The molecule has 0 aromatic rings. The van der Waals surface area contributed by atoms with Crippen LogP contribution in [-0.2, 0) is 0 Å². The van der Waals surface area contributed by atoms with Gasteiger partial charge in [-0.25, -0.2) is 29.4 Å². The summed E-state index contributed by atoms with van der Waals surface area (Å²) in [6, 6.07) is 0. The highest BCUT2D eigenvalue weighted by molar-refractivity contribution is 6.34. The van der Waals surface area contributed by atoms with Gasteiger partial charge >= 0.3 is 0 Å².